The molecule has 0 bridgehead atoms. The normalized spacial score (nSPS) is 17.3. The Balaban J connectivity index is 1.80. The molecule has 2 aromatic rings. The van der Waals surface area contributed by atoms with Crippen LogP contribution >= 0.6 is 23.2 Å². The van der Waals surface area contributed by atoms with Gasteiger partial charge in [-0.25, -0.2) is 0 Å². The van der Waals surface area contributed by atoms with Gasteiger partial charge in [-0.2, -0.15) is 0 Å². The van der Waals surface area contributed by atoms with Crippen LogP contribution in [0, 0.1) is 0 Å². The van der Waals surface area contributed by atoms with Crippen molar-refractivity contribution in [2.75, 3.05) is 40.3 Å². The SMILES string of the molecule is CN(C)CCNC(=O)CN1CCn2cccc2C1c1ccc(Cl)c(Cl)c1. The molecule has 3 rings (SSSR count). The second kappa shape index (κ2) is 8.44. The molecule has 2 heterocycles. The number of hydrogen-bond acceptors (Lipinski definition) is 3. The van der Waals surface area contributed by atoms with E-state index in [1.54, 1.807) is 0 Å². The van der Waals surface area contributed by atoms with Crippen molar-refractivity contribution < 1.29 is 4.79 Å². The van der Waals surface area contributed by atoms with E-state index in [4.69, 9.17) is 23.2 Å². The van der Waals surface area contributed by atoms with Gasteiger partial charge in [0.25, 0.3) is 0 Å². The highest BCUT2D eigenvalue weighted by molar-refractivity contribution is 6.42. The highest BCUT2D eigenvalue weighted by Gasteiger charge is 2.30. The number of carbonyl (C=O) groups is 1. The highest BCUT2D eigenvalue weighted by Crippen LogP contribution is 2.35. The summed E-state index contributed by atoms with van der Waals surface area (Å²) in [5.74, 6) is 0.0388. The topological polar surface area (TPSA) is 40.5 Å². The number of amides is 1. The summed E-state index contributed by atoms with van der Waals surface area (Å²) in [7, 11) is 3.98. The molecule has 1 aromatic carbocycles. The van der Waals surface area contributed by atoms with Gasteiger partial charge in [0, 0.05) is 38.1 Å². The van der Waals surface area contributed by atoms with Crippen molar-refractivity contribution in [1.82, 2.24) is 19.7 Å². The Bertz CT molecular complexity index is 775. The molecule has 0 fully saturated rings. The van der Waals surface area contributed by atoms with E-state index >= 15 is 0 Å². The number of likely N-dealkylation sites (N-methyl/N-ethyl adjacent to an activating group) is 1. The third kappa shape index (κ3) is 4.41. The molecular weight excluding hydrogens is 371 g/mol. The molecule has 26 heavy (non-hydrogen) atoms. The van der Waals surface area contributed by atoms with E-state index in [0.717, 1.165) is 30.9 Å². The first-order chi connectivity index (χ1) is 12.5. The molecule has 1 atom stereocenters. The van der Waals surface area contributed by atoms with Gasteiger partial charge >= 0.3 is 0 Å². The highest BCUT2D eigenvalue weighted by atomic mass is 35.5. The molecule has 0 aliphatic carbocycles. The molecule has 0 saturated heterocycles. The molecule has 140 valence electrons. The molecular formula is C19H24Cl2N4O. The second-order valence-electron chi connectivity index (χ2n) is 6.83. The van der Waals surface area contributed by atoms with E-state index in [9.17, 15) is 4.79 Å². The fraction of sp³-hybridized carbons (Fsp3) is 0.421. The third-order valence-electron chi connectivity index (χ3n) is 4.63. The minimum Gasteiger partial charge on any atom is -0.354 e. The Morgan fingerprint density at radius 1 is 1.23 bits per heavy atom. The first-order valence-electron chi connectivity index (χ1n) is 8.71. The van der Waals surface area contributed by atoms with Crippen LogP contribution in [-0.4, -0.2) is 60.5 Å². The molecule has 0 saturated carbocycles. The van der Waals surface area contributed by atoms with Gasteiger partial charge in [0.15, 0.2) is 0 Å². The van der Waals surface area contributed by atoms with E-state index in [-0.39, 0.29) is 11.9 Å². The van der Waals surface area contributed by atoms with E-state index in [1.165, 1.54) is 0 Å². The number of carbonyl (C=O) groups excluding carboxylic acids is 1. The first kappa shape index (κ1) is 19.2. The first-order valence-corrected chi connectivity index (χ1v) is 9.47. The summed E-state index contributed by atoms with van der Waals surface area (Å²) in [4.78, 5) is 16.7. The van der Waals surface area contributed by atoms with Gasteiger partial charge in [0.2, 0.25) is 5.91 Å². The van der Waals surface area contributed by atoms with Crippen LogP contribution in [0.3, 0.4) is 0 Å². The van der Waals surface area contributed by atoms with Gasteiger partial charge in [-0.05, 0) is 43.9 Å². The van der Waals surface area contributed by atoms with Gasteiger partial charge in [0.05, 0.1) is 22.6 Å². The fourth-order valence-corrected chi connectivity index (χ4v) is 3.63. The van der Waals surface area contributed by atoms with Crippen molar-refractivity contribution in [2.24, 2.45) is 0 Å². The number of nitrogens with zero attached hydrogens (tertiary/aromatic N) is 3. The van der Waals surface area contributed by atoms with Gasteiger partial charge < -0.3 is 14.8 Å². The molecule has 1 unspecified atom stereocenters. The number of benzene rings is 1. The van der Waals surface area contributed by atoms with E-state index in [2.05, 4.69) is 27.0 Å². The van der Waals surface area contributed by atoms with E-state index in [1.807, 2.05) is 43.3 Å². The van der Waals surface area contributed by atoms with Crippen molar-refractivity contribution in [2.45, 2.75) is 12.6 Å². The van der Waals surface area contributed by atoms with Crippen LogP contribution in [0.4, 0.5) is 0 Å². The minimum atomic E-state index is -0.0203. The van der Waals surface area contributed by atoms with Crippen molar-refractivity contribution >= 4 is 29.1 Å². The monoisotopic (exact) mass is 394 g/mol. The number of fused-ring (bicyclic) bond motifs is 1. The largest absolute Gasteiger partial charge is 0.354 e. The number of rotatable bonds is 6. The summed E-state index contributed by atoms with van der Waals surface area (Å²) in [6.45, 7) is 3.49. The molecule has 1 aliphatic heterocycles. The van der Waals surface area contributed by atoms with Crippen LogP contribution in [0.5, 0.6) is 0 Å². The average molecular weight is 395 g/mol. The van der Waals surface area contributed by atoms with Crippen LogP contribution in [0.1, 0.15) is 17.3 Å². The zero-order valence-electron chi connectivity index (χ0n) is 15.1. The fourth-order valence-electron chi connectivity index (χ4n) is 3.33. The lowest BCUT2D eigenvalue weighted by Crippen LogP contribution is -2.45. The Morgan fingerprint density at radius 2 is 2.04 bits per heavy atom. The molecule has 1 aliphatic rings. The quantitative estimate of drug-likeness (QED) is 0.818. The Morgan fingerprint density at radius 3 is 2.77 bits per heavy atom. The lowest BCUT2D eigenvalue weighted by Gasteiger charge is -2.37. The molecule has 0 spiro atoms. The Hall–Kier alpha value is -1.53. The van der Waals surface area contributed by atoms with Gasteiger partial charge in [-0.15, -0.1) is 0 Å². The summed E-state index contributed by atoms with van der Waals surface area (Å²) in [5, 5.41) is 4.06. The second-order valence-corrected chi connectivity index (χ2v) is 7.64. The Labute approximate surface area is 164 Å². The van der Waals surface area contributed by atoms with Gasteiger partial charge in [0.1, 0.15) is 0 Å². The van der Waals surface area contributed by atoms with Crippen LogP contribution in [0.25, 0.3) is 0 Å². The molecule has 1 N–H and O–H groups in total. The van der Waals surface area contributed by atoms with Crippen molar-refractivity contribution in [3.05, 3.63) is 57.8 Å². The average Bonchev–Trinajstić information content (AvgIpc) is 3.05. The lowest BCUT2D eigenvalue weighted by molar-refractivity contribution is -0.122. The summed E-state index contributed by atoms with van der Waals surface area (Å²) in [6.07, 6.45) is 2.08. The van der Waals surface area contributed by atoms with E-state index in [0.29, 0.717) is 23.1 Å². The maximum atomic E-state index is 12.4. The molecule has 1 aromatic heterocycles. The van der Waals surface area contributed by atoms with Crippen LogP contribution in [-0.2, 0) is 11.3 Å². The standard InChI is InChI=1S/C19H24Cl2N4O/c1-23(2)9-7-22-18(26)13-25-11-10-24-8-3-4-17(24)19(25)14-5-6-15(20)16(21)12-14/h3-6,8,12,19H,7,9-11,13H2,1-2H3,(H,22,26). The van der Waals surface area contributed by atoms with E-state index < -0.39 is 0 Å². The Kier molecular flexibility index (Phi) is 6.24. The number of hydrogen-bond donors (Lipinski definition) is 1. The van der Waals surface area contributed by atoms with Gasteiger partial charge in [-0.3, -0.25) is 9.69 Å². The maximum absolute atomic E-state index is 12.4. The molecule has 0 radical (unpaired) electrons. The third-order valence-corrected chi connectivity index (χ3v) is 5.36. The number of nitrogens with one attached hydrogen (secondary N) is 1. The van der Waals surface area contributed by atoms with Crippen molar-refractivity contribution in [1.29, 1.82) is 0 Å². The predicted molar refractivity (Wildman–Crippen MR) is 106 cm³/mol. The van der Waals surface area contributed by atoms with Crippen LogP contribution < -0.4 is 5.32 Å². The summed E-state index contributed by atoms with van der Waals surface area (Å²) < 4.78 is 2.23. The van der Waals surface area contributed by atoms with Crippen LogP contribution in [0.2, 0.25) is 10.0 Å². The number of halogens is 2. The summed E-state index contributed by atoms with van der Waals surface area (Å²) in [5.41, 5.74) is 2.20. The molecule has 5 nitrogen and oxygen atoms in total. The molecule has 1 amide bonds. The smallest absolute Gasteiger partial charge is 0.234 e. The summed E-state index contributed by atoms with van der Waals surface area (Å²) >= 11 is 12.3. The maximum Gasteiger partial charge on any atom is 0.234 e. The molecule has 7 heteroatoms. The number of aromatic nitrogens is 1. The lowest BCUT2D eigenvalue weighted by atomic mass is 10.00. The zero-order valence-corrected chi connectivity index (χ0v) is 16.6. The van der Waals surface area contributed by atoms with Crippen LogP contribution in [0.15, 0.2) is 36.5 Å². The minimum absolute atomic E-state index is 0.0203. The zero-order chi connectivity index (χ0) is 18.7. The van der Waals surface area contributed by atoms with Gasteiger partial charge in [-0.1, -0.05) is 29.3 Å². The summed E-state index contributed by atoms with van der Waals surface area (Å²) in [6, 6.07) is 9.82. The predicted octanol–water partition coefficient (Wildman–Crippen LogP) is 2.88. The van der Waals surface area contributed by atoms with Crippen molar-refractivity contribution in [3.63, 3.8) is 0 Å². The van der Waals surface area contributed by atoms with Crippen molar-refractivity contribution in [3.8, 4) is 0 Å².